The van der Waals surface area contributed by atoms with Crippen LogP contribution >= 0.6 is 0 Å². The molecule has 0 aromatic carbocycles. The summed E-state index contributed by atoms with van der Waals surface area (Å²) >= 11 is 0. The van der Waals surface area contributed by atoms with Gasteiger partial charge in [-0.2, -0.15) is 15.0 Å². The van der Waals surface area contributed by atoms with E-state index in [1.807, 2.05) is 13.8 Å². The fraction of sp³-hybridized carbons (Fsp3) is 0.786. The van der Waals surface area contributed by atoms with Gasteiger partial charge in [0, 0.05) is 26.2 Å². The van der Waals surface area contributed by atoms with Gasteiger partial charge in [0.15, 0.2) is 0 Å². The summed E-state index contributed by atoms with van der Waals surface area (Å²) in [5.74, 6) is 1.16. The van der Waals surface area contributed by atoms with E-state index in [-0.39, 0.29) is 6.10 Å². The second kappa shape index (κ2) is 7.97. The van der Waals surface area contributed by atoms with Crippen molar-refractivity contribution in [3.63, 3.8) is 0 Å². The number of anilines is 2. The third-order valence-electron chi connectivity index (χ3n) is 2.93. The summed E-state index contributed by atoms with van der Waals surface area (Å²) in [4.78, 5) is 17.4. The predicted molar refractivity (Wildman–Crippen MR) is 86.2 cm³/mol. The van der Waals surface area contributed by atoms with E-state index in [9.17, 15) is 0 Å². The standard InChI is InChI=1S/C14H28N6O/c1-8-20(11(4)9-19(6)7)13-16-12(15-5)17-14(18-13)21-10(2)3/h10-11H,8-9H2,1-7H3,(H,15,16,17,18). The molecule has 7 heteroatoms. The summed E-state index contributed by atoms with van der Waals surface area (Å²) in [5.41, 5.74) is 0. The van der Waals surface area contributed by atoms with Crippen LogP contribution in [0, 0.1) is 0 Å². The lowest BCUT2D eigenvalue weighted by atomic mass is 10.3. The van der Waals surface area contributed by atoms with Crippen molar-refractivity contribution < 1.29 is 4.74 Å². The lowest BCUT2D eigenvalue weighted by molar-refractivity contribution is 0.222. The van der Waals surface area contributed by atoms with Gasteiger partial charge in [-0.05, 0) is 41.8 Å². The van der Waals surface area contributed by atoms with Crippen molar-refractivity contribution in [2.24, 2.45) is 0 Å². The molecule has 7 nitrogen and oxygen atoms in total. The van der Waals surface area contributed by atoms with E-state index >= 15 is 0 Å². The number of aromatic nitrogens is 3. The molecule has 1 heterocycles. The van der Waals surface area contributed by atoms with Crippen molar-refractivity contribution in [2.45, 2.75) is 39.8 Å². The van der Waals surface area contributed by atoms with Crippen LogP contribution < -0.4 is 15.0 Å². The molecule has 0 saturated carbocycles. The van der Waals surface area contributed by atoms with E-state index in [0.29, 0.717) is 23.9 Å². The van der Waals surface area contributed by atoms with Gasteiger partial charge in [-0.25, -0.2) is 0 Å². The van der Waals surface area contributed by atoms with Crippen molar-refractivity contribution in [3.05, 3.63) is 0 Å². The Hall–Kier alpha value is -1.63. The smallest absolute Gasteiger partial charge is 0.323 e. The third kappa shape index (κ3) is 5.34. The van der Waals surface area contributed by atoms with Crippen LogP contribution in [-0.4, -0.2) is 66.2 Å². The largest absolute Gasteiger partial charge is 0.461 e. The Kier molecular flexibility index (Phi) is 6.61. The normalized spacial score (nSPS) is 12.6. The molecule has 1 aromatic rings. The first-order valence-electron chi connectivity index (χ1n) is 7.39. The Morgan fingerprint density at radius 3 is 2.29 bits per heavy atom. The van der Waals surface area contributed by atoms with Crippen molar-refractivity contribution in [1.29, 1.82) is 0 Å². The zero-order chi connectivity index (χ0) is 16.0. The molecule has 1 aromatic heterocycles. The first-order chi connectivity index (χ1) is 9.87. The first kappa shape index (κ1) is 17.4. The fourth-order valence-corrected chi connectivity index (χ4v) is 2.13. The third-order valence-corrected chi connectivity index (χ3v) is 2.93. The van der Waals surface area contributed by atoms with Gasteiger partial charge < -0.3 is 19.9 Å². The fourth-order valence-electron chi connectivity index (χ4n) is 2.13. The average Bonchev–Trinajstić information content (AvgIpc) is 2.37. The molecule has 1 N–H and O–H groups in total. The minimum atomic E-state index is 0.0271. The Bertz CT molecular complexity index is 437. The maximum atomic E-state index is 5.61. The van der Waals surface area contributed by atoms with E-state index in [0.717, 1.165) is 13.1 Å². The summed E-state index contributed by atoms with van der Waals surface area (Å²) in [6, 6.07) is 0.652. The van der Waals surface area contributed by atoms with Gasteiger partial charge in [-0.3, -0.25) is 0 Å². The van der Waals surface area contributed by atoms with Crippen LogP contribution in [0.15, 0.2) is 0 Å². The molecule has 0 aliphatic heterocycles. The van der Waals surface area contributed by atoms with E-state index < -0.39 is 0 Å². The summed E-state index contributed by atoms with van der Waals surface area (Å²) in [7, 11) is 5.91. The van der Waals surface area contributed by atoms with Crippen molar-refractivity contribution in [1.82, 2.24) is 19.9 Å². The van der Waals surface area contributed by atoms with Gasteiger partial charge in [0.1, 0.15) is 0 Å². The molecule has 0 aliphatic carbocycles. The van der Waals surface area contributed by atoms with Crippen molar-refractivity contribution in [2.75, 3.05) is 44.4 Å². The molecular weight excluding hydrogens is 268 g/mol. The summed E-state index contributed by atoms with van der Waals surface area (Å²) in [6.45, 7) is 9.91. The van der Waals surface area contributed by atoms with Crippen LogP contribution in [0.3, 0.4) is 0 Å². The zero-order valence-corrected chi connectivity index (χ0v) is 14.2. The maximum absolute atomic E-state index is 5.61. The second-order valence-electron chi connectivity index (χ2n) is 5.56. The highest BCUT2D eigenvalue weighted by Crippen LogP contribution is 2.18. The van der Waals surface area contributed by atoms with Crippen molar-refractivity contribution in [3.8, 4) is 6.01 Å². The lowest BCUT2D eigenvalue weighted by Crippen LogP contribution is -2.41. The van der Waals surface area contributed by atoms with Crippen LogP contribution in [0.4, 0.5) is 11.9 Å². The molecule has 0 spiro atoms. The van der Waals surface area contributed by atoms with Crippen molar-refractivity contribution >= 4 is 11.9 Å². The number of likely N-dealkylation sites (N-methyl/N-ethyl adjacent to an activating group) is 2. The molecule has 21 heavy (non-hydrogen) atoms. The van der Waals surface area contributed by atoms with E-state index in [4.69, 9.17) is 4.74 Å². The van der Waals surface area contributed by atoms with Gasteiger partial charge in [-0.1, -0.05) is 0 Å². The SMILES string of the molecule is CCN(c1nc(NC)nc(OC(C)C)n1)C(C)CN(C)C. The quantitative estimate of drug-likeness (QED) is 0.779. The number of rotatable bonds is 8. The van der Waals surface area contributed by atoms with Crippen LogP contribution in [0.5, 0.6) is 6.01 Å². The van der Waals surface area contributed by atoms with Gasteiger partial charge in [0.2, 0.25) is 11.9 Å². The molecule has 0 aliphatic rings. The summed E-state index contributed by atoms with van der Waals surface area (Å²) < 4.78 is 5.61. The van der Waals surface area contributed by atoms with Crippen LogP contribution in [0.1, 0.15) is 27.7 Å². The molecule has 120 valence electrons. The van der Waals surface area contributed by atoms with Gasteiger partial charge >= 0.3 is 6.01 Å². The molecule has 0 amide bonds. The number of hydrogen-bond donors (Lipinski definition) is 1. The van der Waals surface area contributed by atoms with Gasteiger partial charge in [0.05, 0.1) is 6.10 Å². The molecule has 1 unspecified atom stereocenters. The Morgan fingerprint density at radius 2 is 1.81 bits per heavy atom. The number of nitrogens with one attached hydrogen (secondary N) is 1. The molecule has 0 radical (unpaired) electrons. The minimum absolute atomic E-state index is 0.0271. The first-order valence-corrected chi connectivity index (χ1v) is 7.39. The maximum Gasteiger partial charge on any atom is 0.323 e. The van der Waals surface area contributed by atoms with E-state index in [1.54, 1.807) is 7.05 Å². The van der Waals surface area contributed by atoms with Crippen LogP contribution in [0.2, 0.25) is 0 Å². The summed E-state index contributed by atoms with van der Waals surface area (Å²) in [5, 5.41) is 2.96. The Morgan fingerprint density at radius 1 is 1.14 bits per heavy atom. The van der Waals surface area contributed by atoms with Gasteiger partial charge in [-0.15, -0.1) is 0 Å². The molecule has 1 rings (SSSR count). The lowest BCUT2D eigenvalue weighted by Gasteiger charge is -2.30. The number of ether oxygens (including phenoxy) is 1. The van der Waals surface area contributed by atoms with E-state index in [2.05, 4.69) is 58.0 Å². The average molecular weight is 296 g/mol. The highest BCUT2D eigenvalue weighted by Gasteiger charge is 2.19. The highest BCUT2D eigenvalue weighted by atomic mass is 16.5. The highest BCUT2D eigenvalue weighted by molar-refractivity contribution is 5.39. The minimum Gasteiger partial charge on any atom is -0.461 e. The molecule has 0 saturated heterocycles. The van der Waals surface area contributed by atoms with Crippen LogP contribution in [0.25, 0.3) is 0 Å². The second-order valence-corrected chi connectivity index (χ2v) is 5.56. The Labute approximate surface area is 127 Å². The molecule has 0 bridgehead atoms. The monoisotopic (exact) mass is 296 g/mol. The molecule has 0 fully saturated rings. The van der Waals surface area contributed by atoms with Crippen LogP contribution in [-0.2, 0) is 0 Å². The Balaban J connectivity index is 3.06. The zero-order valence-electron chi connectivity index (χ0n) is 14.2. The molecular formula is C14H28N6O. The number of nitrogens with zero attached hydrogens (tertiary/aromatic N) is 5. The molecule has 1 atom stereocenters. The van der Waals surface area contributed by atoms with Gasteiger partial charge in [0.25, 0.3) is 0 Å². The number of hydrogen-bond acceptors (Lipinski definition) is 7. The topological polar surface area (TPSA) is 66.4 Å². The van der Waals surface area contributed by atoms with E-state index in [1.165, 1.54) is 0 Å². The predicted octanol–water partition coefficient (Wildman–Crippen LogP) is 1.48. The summed E-state index contributed by atoms with van der Waals surface area (Å²) in [6.07, 6.45) is 0.0271.